The molecule has 1 aromatic rings. The van der Waals surface area contributed by atoms with Gasteiger partial charge in [-0.1, -0.05) is 13.8 Å². The molecule has 0 aliphatic carbocycles. The van der Waals surface area contributed by atoms with Crippen LogP contribution >= 0.6 is 0 Å². The molecule has 0 aliphatic heterocycles. The molecular weight excluding hydrogens is 323 g/mol. The Kier molecular flexibility index (Phi) is 7.90. The van der Waals surface area contributed by atoms with Crippen molar-refractivity contribution in [1.29, 1.82) is 0 Å². The van der Waals surface area contributed by atoms with Gasteiger partial charge in [0.25, 0.3) is 0 Å². The summed E-state index contributed by atoms with van der Waals surface area (Å²) in [4.78, 5) is -0.240. The van der Waals surface area contributed by atoms with E-state index in [9.17, 15) is 12.8 Å². The first kappa shape index (κ1) is 19.8. The molecule has 0 saturated carbocycles. The van der Waals surface area contributed by atoms with Crippen LogP contribution in [0.15, 0.2) is 23.1 Å². The Bertz CT molecular complexity index is 593. The Hall–Kier alpha value is -1.22. The number of methoxy groups -OCH3 is 1. The van der Waals surface area contributed by atoms with Crippen molar-refractivity contribution in [2.75, 3.05) is 26.9 Å². The van der Waals surface area contributed by atoms with Crippen molar-refractivity contribution >= 4 is 10.0 Å². The van der Waals surface area contributed by atoms with Crippen molar-refractivity contribution in [3.63, 3.8) is 0 Å². The quantitative estimate of drug-likeness (QED) is 0.626. The lowest BCUT2D eigenvalue weighted by atomic mass is 10.1. The van der Waals surface area contributed by atoms with Crippen LogP contribution in [0.5, 0.6) is 5.75 Å². The topological polar surface area (TPSA) is 90.6 Å². The van der Waals surface area contributed by atoms with Crippen molar-refractivity contribution < 1.29 is 22.3 Å². The number of benzene rings is 1. The highest BCUT2D eigenvalue weighted by Gasteiger charge is 2.24. The normalized spacial score (nSPS) is 13.3. The second-order valence-electron chi connectivity index (χ2n) is 5.62. The standard InChI is InChI=1S/C15H25FN2O4S/c1-11(2)8-13(10-17)18-23(19,20)15-9-12(16)4-5-14(15)22-7-6-21-3/h4-5,9,11,13,18H,6-8,10,17H2,1-3H3. The summed E-state index contributed by atoms with van der Waals surface area (Å²) in [6.45, 7) is 4.56. The number of ether oxygens (including phenoxy) is 2. The number of nitrogens with two attached hydrogens (primary N) is 1. The largest absolute Gasteiger partial charge is 0.490 e. The van der Waals surface area contributed by atoms with Gasteiger partial charge in [-0.25, -0.2) is 17.5 Å². The van der Waals surface area contributed by atoms with Crippen molar-refractivity contribution in [1.82, 2.24) is 4.72 Å². The van der Waals surface area contributed by atoms with E-state index in [0.717, 1.165) is 12.1 Å². The highest BCUT2D eigenvalue weighted by atomic mass is 32.2. The van der Waals surface area contributed by atoms with E-state index in [0.29, 0.717) is 13.0 Å². The van der Waals surface area contributed by atoms with Crippen LogP contribution in [0, 0.1) is 11.7 Å². The van der Waals surface area contributed by atoms with Crippen molar-refractivity contribution in [2.24, 2.45) is 11.7 Å². The van der Waals surface area contributed by atoms with Gasteiger partial charge in [-0.15, -0.1) is 0 Å². The van der Waals surface area contributed by atoms with E-state index in [4.69, 9.17) is 15.2 Å². The van der Waals surface area contributed by atoms with Gasteiger partial charge in [-0.3, -0.25) is 0 Å². The zero-order chi connectivity index (χ0) is 17.5. The van der Waals surface area contributed by atoms with Crippen LogP contribution in [0.4, 0.5) is 4.39 Å². The maximum Gasteiger partial charge on any atom is 0.244 e. The Morgan fingerprint density at radius 2 is 2.00 bits per heavy atom. The molecule has 1 unspecified atom stereocenters. The Labute approximate surface area is 137 Å². The number of hydrogen-bond acceptors (Lipinski definition) is 5. The molecule has 0 saturated heterocycles. The first-order valence-corrected chi connectivity index (χ1v) is 8.92. The maximum absolute atomic E-state index is 13.5. The lowest BCUT2D eigenvalue weighted by Gasteiger charge is -2.20. The number of rotatable bonds is 10. The monoisotopic (exact) mass is 348 g/mol. The fraction of sp³-hybridized carbons (Fsp3) is 0.600. The summed E-state index contributed by atoms with van der Waals surface area (Å²) in [5.74, 6) is -0.301. The smallest absolute Gasteiger partial charge is 0.244 e. The van der Waals surface area contributed by atoms with Crippen molar-refractivity contribution in [3.8, 4) is 5.75 Å². The van der Waals surface area contributed by atoms with Gasteiger partial charge in [0.15, 0.2) is 0 Å². The molecule has 0 amide bonds. The minimum atomic E-state index is -3.94. The van der Waals surface area contributed by atoms with Crippen LogP contribution in [0.2, 0.25) is 0 Å². The summed E-state index contributed by atoms with van der Waals surface area (Å²) in [6.07, 6.45) is 0.588. The third-order valence-corrected chi connectivity index (χ3v) is 4.64. The van der Waals surface area contributed by atoms with Gasteiger partial charge in [-0.05, 0) is 30.5 Å². The van der Waals surface area contributed by atoms with E-state index in [1.807, 2.05) is 13.8 Å². The van der Waals surface area contributed by atoms with Gasteiger partial charge in [-0.2, -0.15) is 0 Å². The van der Waals surface area contributed by atoms with E-state index >= 15 is 0 Å². The van der Waals surface area contributed by atoms with Gasteiger partial charge in [0.1, 0.15) is 23.1 Å². The maximum atomic E-state index is 13.5. The van der Waals surface area contributed by atoms with Crippen LogP contribution in [-0.2, 0) is 14.8 Å². The highest BCUT2D eigenvalue weighted by Crippen LogP contribution is 2.25. The molecular formula is C15H25FN2O4S. The van der Waals surface area contributed by atoms with E-state index in [2.05, 4.69) is 4.72 Å². The second kappa shape index (κ2) is 9.17. The van der Waals surface area contributed by atoms with E-state index in [-0.39, 0.29) is 29.7 Å². The molecule has 0 bridgehead atoms. The van der Waals surface area contributed by atoms with Crippen LogP contribution < -0.4 is 15.2 Å². The molecule has 132 valence electrons. The zero-order valence-electron chi connectivity index (χ0n) is 13.7. The molecule has 23 heavy (non-hydrogen) atoms. The number of hydrogen-bond donors (Lipinski definition) is 2. The zero-order valence-corrected chi connectivity index (χ0v) is 14.5. The Morgan fingerprint density at radius 1 is 1.30 bits per heavy atom. The Balaban J connectivity index is 3.03. The molecule has 1 rings (SSSR count). The molecule has 0 aliphatic rings. The first-order chi connectivity index (χ1) is 10.8. The second-order valence-corrected chi connectivity index (χ2v) is 7.30. The van der Waals surface area contributed by atoms with Crippen molar-refractivity contribution in [2.45, 2.75) is 31.2 Å². The average molecular weight is 348 g/mol. The molecule has 6 nitrogen and oxygen atoms in total. The van der Waals surface area contributed by atoms with E-state index < -0.39 is 21.9 Å². The van der Waals surface area contributed by atoms with Crippen LogP contribution in [0.25, 0.3) is 0 Å². The molecule has 0 radical (unpaired) electrons. The predicted molar refractivity (Wildman–Crippen MR) is 86.4 cm³/mol. The molecule has 1 aromatic carbocycles. The fourth-order valence-electron chi connectivity index (χ4n) is 2.09. The molecule has 8 heteroatoms. The highest BCUT2D eigenvalue weighted by molar-refractivity contribution is 7.89. The van der Waals surface area contributed by atoms with Crippen LogP contribution in [0.1, 0.15) is 20.3 Å². The molecule has 3 N–H and O–H groups in total. The molecule has 0 fully saturated rings. The van der Waals surface area contributed by atoms with Gasteiger partial charge < -0.3 is 15.2 Å². The van der Waals surface area contributed by atoms with Gasteiger partial charge in [0.05, 0.1) is 6.61 Å². The summed E-state index contributed by atoms with van der Waals surface area (Å²) in [6, 6.07) is 2.96. The third-order valence-electron chi connectivity index (χ3n) is 3.10. The third kappa shape index (κ3) is 6.42. The van der Waals surface area contributed by atoms with Gasteiger partial charge in [0.2, 0.25) is 10.0 Å². The summed E-state index contributed by atoms with van der Waals surface area (Å²) in [5.41, 5.74) is 5.62. The van der Waals surface area contributed by atoms with E-state index in [1.165, 1.54) is 13.2 Å². The molecule has 0 heterocycles. The minimum Gasteiger partial charge on any atom is -0.490 e. The van der Waals surface area contributed by atoms with E-state index in [1.54, 1.807) is 0 Å². The van der Waals surface area contributed by atoms with Gasteiger partial charge in [0, 0.05) is 19.7 Å². The summed E-state index contributed by atoms with van der Waals surface area (Å²) >= 11 is 0. The van der Waals surface area contributed by atoms with Crippen molar-refractivity contribution in [3.05, 3.63) is 24.0 Å². The molecule has 1 atom stereocenters. The Morgan fingerprint density at radius 3 is 2.57 bits per heavy atom. The summed E-state index contributed by atoms with van der Waals surface area (Å²) in [5, 5.41) is 0. The fourth-order valence-corrected chi connectivity index (χ4v) is 3.51. The lowest BCUT2D eigenvalue weighted by Crippen LogP contribution is -2.41. The van der Waals surface area contributed by atoms with Crippen LogP contribution in [-0.4, -0.2) is 41.3 Å². The average Bonchev–Trinajstić information content (AvgIpc) is 2.47. The molecule has 0 aromatic heterocycles. The number of nitrogens with one attached hydrogen (secondary N) is 1. The number of halogens is 1. The van der Waals surface area contributed by atoms with Crippen LogP contribution in [0.3, 0.4) is 0 Å². The van der Waals surface area contributed by atoms with Gasteiger partial charge >= 0.3 is 0 Å². The number of sulfonamides is 1. The predicted octanol–water partition coefficient (Wildman–Crippen LogP) is 1.50. The first-order valence-electron chi connectivity index (χ1n) is 7.43. The lowest BCUT2D eigenvalue weighted by molar-refractivity contribution is 0.144. The SMILES string of the molecule is COCCOc1ccc(F)cc1S(=O)(=O)NC(CN)CC(C)C. The molecule has 0 spiro atoms. The summed E-state index contributed by atoms with van der Waals surface area (Å²) in [7, 11) is -2.44. The minimum absolute atomic E-state index is 0.0799. The summed E-state index contributed by atoms with van der Waals surface area (Å²) < 4.78 is 51.3.